The van der Waals surface area contributed by atoms with Crippen LogP contribution in [0.1, 0.15) is 37.2 Å². The summed E-state index contributed by atoms with van der Waals surface area (Å²) in [6.45, 7) is 4.09. The van der Waals surface area contributed by atoms with Gasteiger partial charge in [0.15, 0.2) is 5.75 Å². The molecular formula is C15H19BrFN3O. The predicted molar refractivity (Wildman–Crippen MR) is 84.2 cm³/mol. The molecule has 21 heavy (non-hydrogen) atoms. The Balaban J connectivity index is 2.61. The molecule has 2 rings (SSSR count). The van der Waals surface area contributed by atoms with E-state index < -0.39 is 0 Å². The Kier molecular flexibility index (Phi) is 5.00. The average Bonchev–Trinajstić information content (AvgIpc) is 2.88. The number of ether oxygens (including phenoxy) is 1. The van der Waals surface area contributed by atoms with Gasteiger partial charge in [-0.05, 0) is 48.5 Å². The topological polar surface area (TPSA) is 39.1 Å². The summed E-state index contributed by atoms with van der Waals surface area (Å²) in [7, 11) is 3.44. The largest absolute Gasteiger partial charge is 0.493 e. The number of hydrogen-bond acceptors (Lipinski definition) is 3. The quantitative estimate of drug-likeness (QED) is 0.888. The summed E-state index contributed by atoms with van der Waals surface area (Å²) in [5.74, 6) is 0.390. The van der Waals surface area contributed by atoms with Crippen LogP contribution in [-0.4, -0.2) is 23.9 Å². The molecule has 1 aromatic carbocycles. The minimum atomic E-state index is -0.290. The van der Waals surface area contributed by atoms with Gasteiger partial charge in [-0.15, -0.1) is 0 Å². The maximum Gasteiger partial charge on any atom is 0.161 e. The standard InChI is InChI=1S/C15H19BrFN3O/c1-9(2)20-15(12(21-4)8-19-20)14(18-3)10-6-5-7-11(17)13(10)16/h5-9,14,18H,1-4H3. The van der Waals surface area contributed by atoms with E-state index >= 15 is 0 Å². The SMILES string of the molecule is CNC(c1cccc(F)c1Br)c1c(OC)cnn1C(C)C. The fraction of sp³-hybridized carbons (Fsp3) is 0.400. The Morgan fingerprint density at radius 2 is 2.10 bits per heavy atom. The van der Waals surface area contributed by atoms with Crippen molar-refractivity contribution in [1.82, 2.24) is 15.1 Å². The third-order valence-electron chi connectivity index (χ3n) is 3.36. The lowest BCUT2D eigenvalue weighted by molar-refractivity contribution is 0.396. The van der Waals surface area contributed by atoms with E-state index in [-0.39, 0.29) is 17.9 Å². The zero-order valence-electron chi connectivity index (χ0n) is 12.5. The smallest absolute Gasteiger partial charge is 0.161 e. The average molecular weight is 356 g/mol. The monoisotopic (exact) mass is 355 g/mol. The molecule has 1 aromatic heterocycles. The second-order valence-corrected chi connectivity index (χ2v) is 5.79. The van der Waals surface area contributed by atoms with Crippen LogP contribution in [0.4, 0.5) is 4.39 Å². The van der Waals surface area contributed by atoms with Gasteiger partial charge in [-0.1, -0.05) is 12.1 Å². The van der Waals surface area contributed by atoms with Gasteiger partial charge in [-0.3, -0.25) is 4.68 Å². The van der Waals surface area contributed by atoms with Crippen LogP contribution in [0.25, 0.3) is 0 Å². The highest BCUT2D eigenvalue weighted by atomic mass is 79.9. The number of aromatic nitrogens is 2. The number of methoxy groups -OCH3 is 1. The summed E-state index contributed by atoms with van der Waals surface area (Å²) >= 11 is 3.33. The normalized spacial score (nSPS) is 12.7. The maximum absolute atomic E-state index is 13.8. The minimum absolute atomic E-state index is 0.173. The summed E-state index contributed by atoms with van der Waals surface area (Å²) in [5.41, 5.74) is 1.68. The first-order valence-corrected chi connectivity index (χ1v) is 7.53. The second kappa shape index (κ2) is 6.58. The molecule has 0 saturated heterocycles. The predicted octanol–water partition coefficient (Wildman–Crippen LogP) is 3.68. The lowest BCUT2D eigenvalue weighted by Gasteiger charge is -2.22. The van der Waals surface area contributed by atoms with Crippen LogP contribution in [0.15, 0.2) is 28.9 Å². The van der Waals surface area contributed by atoms with Crippen LogP contribution < -0.4 is 10.1 Å². The van der Waals surface area contributed by atoms with Crippen molar-refractivity contribution in [3.05, 3.63) is 45.9 Å². The molecule has 0 aliphatic heterocycles. The summed E-state index contributed by atoms with van der Waals surface area (Å²) in [6, 6.07) is 4.95. The zero-order valence-corrected chi connectivity index (χ0v) is 14.1. The van der Waals surface area contributed by atoms with Crippen molar-refractivity contribution in [2.45, 2.75) is 25.9 Å². The van der Waals surface area contributed by atoms with Gasteiger partial charge in [0.25, 0.3) is 0 Å². The molecule has 0 fully saturated rings. The van der Waals surface area contributed by atoms with E-state index in [1.807, 2.05) is 31.6 Å². The molecule has 0 radical (unpaired) electrons. The Labute approximate surface area is 132 Å². The van der Waals surface area contributed by atoms with Gasteiger partial charge >= 0.3 is 0 Å². The molecule has 0 aliphatic carbocycles. The van der Waals surface area contributed by atoms with Crippen molar-refractivity contribution in [2.75, 3.05) is 14.2 Å². The van der Waals surface area contributed by atoms with Gasteiger partial charge < -0.3 is 10.1 Å². The molecule has 0 aliphatic rings. The first-order valence-electron chi connectivity index (χ1n) is 6.73. The van der Waals surface area contributed by atoms with Crippen LogP contribution in [0.2, 0.25) is 0 Å². The number of rotatable bonds is 5. The summed E-state index contributed by atoms with van der Waals surface area (Å²) in [4.78, 5) is 0. The molecule has 0 amide bonds. The third kappa shape index (κ3) is 2.96. The molecule has 1 unspecified atom stereocenters. The molecule has 4 nitrogen and oxygen atoms in total. The highest BCUT2D eigenvalue weighted by Gasteiger charge is 2.25. The zero-order chi connectivity index (χ0) is 15.6. The molecule has 2 aromatic rings. The Morgan fingerprint density at radius 1 is 1.38 bits per heavy atom. The number of nitrogens with one attached hydrogen (secondary N) is 1. The lowest BCUT2D eigenvalue weighted by Crippen LogP contribution is -2.23. The molecule has 6 heteroatoms. The van der Waals surface area contributed by atoms with E-state index in [9.17, 15) is 4.39 Å². The van der Waals surface area contributed by atoms with Crippen molar-refractivity contribution in [2.24, 2.45) is 0 Å². The van der Waals surface area contributed by atoms with Crippen LogP contribution in [0, 0.1) is 5.82 Å². The first-order chi connectivity index (χ1) is 10.0. The molecular weight excluding hydrogens is 337 g/mol. The number of benzene rings is 1. The highest BCUT2D eigenvalue weighted by molar-refractivity contribution is 9.10. The molecule has 1 heterocycles. The van der Waals surface area contributed by atoms with Crippen molar-refractivity contribution >= 4 is 15.9 Å². The van der Waals surface area contributed by atoms with E-state index in [0.29, 0.717) is 10.2 Å². The van der Waals surface area contributed by atoms with Gasteiger partial charge in [-0.2, -0.15) is 5.10 Å². The minimum Gasteiger partial charge on any atom is -0.493 e. The van der Waals surface area contributed by atoms with Gasteiger partial charge in [-0.25, -0.2) is 4.39 Å². The van der Waals surface area contributed by atoms with Crippen molar-refractivity contribution < 1.29 is 9.13 Å². The Hall–Kier alpha value is -1.40. The van der Waals surface area contributed by atoms with Crippen molar-refractivity contribution in [3.63, 3.8) is 0 Å². The Bertz CT molecular complexity index is 627. The molecule has 0 saturated carbocycles. The molecule has 1 atom stereocenters. The first kappa shape index (κ1) is 16.0. The molecule has 114 valence electrons. The van der Waals surface area contributed by atoms with Gasteiger partial charge in [0.1, 0.15) is 11.5 Å². The van der Waals surface area contributed by atoms with E-state index in [1.165, 1.54) is 6.07 Å². The number of nitrogens with zero attached hydrogens (tertiary/aromatic N) is 2. The third-order valence-corrected chi connectivity index (χ3v) is 4.20. The van der Waals surface area contributed by atoms with E-state index in [1.54, 1.807) is 19.4 Å². The summed E-state index contributed by atoms with van der Waals surface area (Å²) in [6.07, 6.45) is 1.69. The summed E-state index contributed by atoms with van der Waals surface area (Å²) in [5, 5.41) is 7.60. The van der Waals surface area contributed by atoms with Crippen LogP contribution >= 0.6 is 15.9 Å². The molecule has 0 bridgehead atoms. The van der Waals surface area contributed by atoms with Crippen LogP contribution in [-0.2, 0) is 0 Å². The maximum atomic E-state index is 13.8. The highest BCUT2D eigenvalue weighted by Crippen LogP contribution is 2.35. The van der Waals surface area contributed by atoms with Crippen LogP contribution in [0.5, 0.6) is 5.75 Å². The van der Waals surface area contributed by atoms with Crippen LogP contribution in [0.3, 0.4) is 0 Å². The summed E-state index contributed by atoms with van der Waals surface area (Å²) < 4.78 is 21.6. The van der Waals surface area contributed by atoms with Gasteiger partial charge in [0.05, 0.1) is 23.8 Å². The molecule has 1 N–H and O–H groups in total. The number of halogens is 2. The van der Waals surface area contributed by atoms with Crippen molar-refractivity contribution in [1.29, 1.82) is 0 Å². The molecule has 0 spiro atoms. The van der Waals surface area contributed by atoms with Crippen molar-refractivity contribution in [3.8, 4) is 5.75 Å². The van der Waals surface area contributed by atoms with E-state index in [4.69, 9.17) is 4.74 Å². The van der Waals surface area contributed by atoms with Gasteiger partial charge in [0.2, 0.25) is 0 Å². The second-order valence-electron chi connectivity index (χ2n) is 5.00. The van der Waals surface area contributed by atoms with Gasteiger partial charge in [0, 0.05) is 6.04 Å². The lowest BCUT2D eigenvalue weighted by atomic mass is 10.0. The Morgan fingerprint density at radius 3 is 2.67 bits per heavy atom. The van der Waals surface area contributed by atoms with E-state index in [2.05, 4.69) is 26.3 Å². The fourth-order valence-electron chi connectivity index (χ4n) is 2.38. The fourth-order valence-corrected chi connectivity index (χ4v) is 2.88. The number of hydrogen-bond donors (Lipinski definition) is 1. The van der Waals surface area contributed by atoms with E-state index in [0.717, 1.165) is 11.3 Å².